The van der Waals surface area contributed by atoms with E-state index in [1.54, 1.807) is 18.3 Å². The minimum Gasteiger partial charge on any atom is -0.507 e. The fourth-order valence-corrected chi connectivity index (χ4v) is 1.85. The van der Waals surface area contributed by atoms with Gasteiger partial charge in [-0.25, -0.2) is 0 Å². The Balaban J connectivity index is 2.26. The van der Waals surface area contributed by atoms with Gasteiger partial charge in [0.2, 0.25) is 0 Å². The van der Waals surface area contributed by atoms with Crippen LogP contribution >= 0.6 is 0 Å². The molecule has 0 aromatic heterocycles. The van der Waals surface area contributed by atoms with Crippen LogP contribution in [0.1, 0.15) is 24.5 Å². The van der Waals surface area contributed by atoms with Crippen molar-refractivity contribution >= 4 is 11.9 Å². The van der Waals surface area contributed by atoms with Crippen LogP contribution in [0, 0.1) is 0 Å². The molecule has 0 saturated heterocycles. The minimum absolute atomic E-state index is 0.259. The molecule has 0 unspecified atom stereocenters. The number of para-hydroxylation sites is 2. The first-order valence-electron chi connectivity index (χ1n) is 6.21. The Labute approximate surface area is 108 Å². The maximum absolute atomic E-state index is 9.67. The number of phenolic OH excluding ortho intramolecular Hbond substituents is 1. The van der Waals surface area contributed by atoms with Gasteiger partial charge in [0, 0.05) is 11.8 Å². The van der Waals surface area contributed by atoms with E-state index in [-0.39, 0.29) is 5.75 Å². The molecule has 0 radical (unpaired) electrons. The second kappa shape index (κ2) is 6.01. The predicted molar refractivity (Wildman–Crippen MR) is 75.8 cm³/mol. The number of nitrogens with zero attached hydrogens (tertiary/aromatic N) is 1. The highest BCUT2D eigenvalue weighted by Crippen LogP contribution is 2.21. The van der Waals surface area contributed by atoms with Crippen LogP contribution in [0.4, 0.5) is 5.69 Å². The number of aliphatic imine (C=N–C) groups is 1. The molecule has 0 heterocycles. The van der Waals surface area contributed by atoms with Crippen molar-refractivity contribution in [2.45, 2.75) is 19.8 Å². The van der Waals surface area contributed by atoms with Gasteiger partial charge in [0.05, 0.1) is 5.69 Å². The van der Waals surface area contributed by atoms with Gasteiger partial charge in [-0.15, -0.1) is 0 Å². The van der Waals surface area contributed by atoms with Gasteiger partial charge in [0.15, 0.2) is 0 Å². The van der Waals surface area contributed by atoms with Gasteiger partial charge in [-0.3, -0.25) is 4.99 Å². The van der Waals surface area contributed by atoms with Crippen molar-refractivity contribution in [3.63, 3.8) is 0 Å². The Hall–Kier alpha value is -2.09. The summed E-state index contributed by atoms with van der Waals surface area (Å²) in [6.45, 7) is 2.16. The number of phenols is 1. The van der Waals surface area contributed by atoms with Crippen molar-refractivity contribution in [3.8, 4) is 5.75 Å². The summed E-state index contributed by atoms with van der Waals surface area (Å²) in [6, 6.07) is 15.3. The summed E-state index contributed by atoms with van der Waals surface area (Å²) < 4.78 is 0. The van der Waals surface area contributed by atoms with Crippen LogP contribution in [0.5, 0.6) is 5.75 Å². The molecule has 0 aliphatic carbocycles. The lowest BCUT2D eigenvalue weighted by molar-refractivity contribution is 0.474. The van der Waals surface area contributed by atoms with Crippen LogP contribution in [-0.4, -0.2) is 11.3 Å². The molecule has 0 aliphatic heterocycles. The number of aryl methyl sites for hydroxylation is 1. The van der Waals surface area contributed by atoms with Gasteiger partial charge < -0.3 is 5.11 Å². The average Bonchev–Trinajstić information content (AvgIpc) is 2.40. The third-order valence-corrected chi connectivity index (χ3v) is 2.79. The summed E-state index contributed by atoms with van der Waals surface area (Å²) in [5, 5.41) is 9.67. The van der Waals surface area contributed by atoms with Gasteiger partial charge in [0.25, 0.3) is 0 Å². The van der Waals surface area contributed by atoms with E-state index in [1.165, 1.54) is 5.56 Å². The molecule has 0 atom stereocenters. The molecule has 2 heteroatoms. The highest BCUT2D eigenvalue weighted by Gasteiger charge is 1.99. The van der Waals surface area contributed by atoms with Crippen LogP contribution in [0.25, 0.3) is 0 Å². The molecule has 0 amide bonds. The van der Waals surface area contributed by atoms with Crippen molar-refractivity contribution < 1.29 is 5.11 Å². The van der Waals surface area contributed by atoms with Crippen molar-refractivity contribution in [3.05, 3.63) is 59.7 Å². The van der Waals surface area contributed by atoms with Crippen LogP contribution < -0.4 is 0 Å². The molecular formula is C16H17NO. The second-order valence-electron chi connectivity index (χ2n) is 4.20. The number of benzene rings is 2. The molecule has 0 bridgehead atoms. The van der Waals surface area contributed by atoms with Gasteiger partial charge in [-0.1, -0.05) is 43.7 Å². The highest BCUT2D eigenvalue weighted by atomic mass is 16.3. The lowest BCUT2D eigenvalue weighted by Gasteiger charge is -2.03. The second-order valence-corrected chi connectivity index (χ2v) is 4.20. The number of aromatic hydroxyl groups is 1. The van der Waals surface area contributed by atoms with E-state index in [2.05, 4.69) is 18.0 Å². The molecule has 2 aromatic carbocycles. The standard InChI is InChI=1S/C16H17NO/c1-2-7-13-8-3-5-10-15(13)17-12-14-9-4-6-11-16(14)18/h3-6,8-12,18H,2,7H2,1H3. The van der Waals surface area contributed by atoms with Crippen LogP contribution in [-0.2, 0) is 6.42 Å². The normalized spacial score (nSPS) is 10.9. The van der Waals surface area contributed by atoms with Gasteiger partial charge in [-0.2, -0.15) is 0 Å². The number of rotatable bonds is 4. The minimum atomic E-state index is 0.259. The fourth-order valence-electron chi connectivity index (χ4n) is 1.85. The molecule has 2 aromatic rings. The van der Waals surface area contributed by atoms with Crippen molar-refractivity contribution in [1.82, 2.24) is 0 Å². The lowest BCUT2D eigenvalue weighted by Crippen LogP contribution is -1.85. The van der Waals surface area contributed by atoms with E-state index in [0.29, 0.717) is 0 Å². The smallest absolute Gasteiger partial charge is 0.124 e. The summed E-state index contributed by atoms with van der Waals surface area (Å²) in [7, 11) is 0. The fraction of sp³-hybridized carbons (Fsp3) is 0.188. The molecule has 0 spiro atoms. The molecule has 0 aliphatic rings. The topological polar surface area (TPSA) is 32.6 Å². The van der Waals surface area contributed by atoms with Gasteiger partial charge >= 0.3 is 0 Å². The first-order valence-corrected chi connectivity index (χ1v) is 6.21. The van der Waals surface area contributed by atoms with E-state index >= 15 is 0 Å². The molecule has 0 fully saturated rings. The molecule has 92 valence electrons. The maximum Gasteiger partial charge on any atom is 0.124 e. The van der Waals surface area contributed by atoms with Crippen LogP contribution in [0.2, 0.25) is 0 Å². The van der Waals surface area contributed by atoms with Crippen LogP contribution in [0.3, 0.4) is 0 Å². The molecule has 1 N–H and O–H groups in total. The van der Waals surface area contributed by atoms with E-state index in [0.717, 1.165) is 24.1 Å². The average molecular weight is 239 g/mol. The summed E-state index contributed by atoms with van der Waals surface area (Å²) >= 11 is 0. The summed E-state index contributed by atoms with van der Waals surface area (Å²) in [5.41, 5.74) is 2.96. The van der Waals surface area contributed by atoms with E-state index in [1.807, 2.05) is 30.3 Å². The SMILES string of the molecule is CCCc1ccccc1N=Cc1ccccc1O. The summed E-state index contributed by atoms with van der Waals surface area (Å²) in [5.74, 6) is 0.259. The van der Waals surface area contributed by atoms with Crippen molar-refractivity contribution in [2.24, 2.45) is 4.99 Å². The number of hydrogen-bond acceptors (Lipinski definition) is 2. The van der Waals surface area contributed by atoms with Crippen LogP contribution in [0.15, 0.2) is 53.5 Å². The Morgan fingerprint density at radius 2 is 1.78 bits per heavy atom. The Kier molecular flexibility index (Phi) is 4.13. The molecular weight excluding hydrogens is 222 g/mol. The monoisotopic (exact) mass is 239 g/mol. The first kappa shape index (κ1) is 12.4. The largest absolute Gasteiger partial charge is 0.507 e. The maximum atomic E-state index is 9.67. The Morgan fingerprint density at radius 3 is 2.56 bits per heavy atom. The zero-order valence-electron chi connectivity index (χ0n) is 10.5. The molecule has 2 nitrogen and oxygen atoms in total. The Bertz CT molecular complexity index is 546. The third kappa shape index (κ3) is 2.98. The molecule has 18 heavy (non-hydrogen) atoms. The van der Waals surface area contributed by atoms with Gasteiger partial charge in [0.1, 0.15) is 5.75 Å². The highest BCUT2D eigenvalue weighted by molar-refractivity contribution is 5.85. The van der Waals surface area contributed by atoms with E-state index in [9.17, 15) is 5.11 Å². The van der Waals surface area contributed by atoms with E-state index in [4.69, 9.17) is 0 Å². The molecule has 0 saturated carbocycles. The summed E-state index contributed by atoms with van der Waals surface area (Å²) in [6.07, 6.45) is 3.83. The zero-order valence-corrected chi connectivity index (χ0v) is 10.5. The zero-order chi connectivity index (χ0) is 12.8. The molecule has 2 rings (SSSR count). The third-order valence-electron chi connectivity index (χ3n) is 2.79. The van der Waals surface area contributed by atoms with E-state index < -0.39 is 0 Å². The quantitative estimate of drug-likeness (QED) is 0.801. The van der Waals surface area contributed by atoms with Gasteiger partial charge in [-0.05, 0) is 30.2 Å². The lowest BCUT2D eigenvalue weighted by atomic mass is 10.1. The number of hydrogen-bond donors (Lipinski definition) is 1. The van der Waals surface area contributed by atoms with Crippen molar-refractivity contribution in [2.75, 3.05) is 0 Å². The van der Waals surface area contributed by atoms with Crippen molar-refractivity contribution in [1.29, 1.82) is 0 Å². The predicted octanol–water partition coefficient (Wildman–Crippen LogP) is 4.10. The summed E-state index contributed by atoms with van der Waals surface area (Å²) in [4.78, 5) is 4.47. The Morgan fingerprint density at radius 1 is 1.06 bits per heavy atom. The first-order chi connectivity index (χ1) is 8.81.